The second kappa shape index (κ2) is 7.57. The van der Waals surface area contributed by atoms with E-state index in [9.17, 15) is 14.7 Å². The van der Waals surface area contributed by atoms with Crippen LogP contribution in [0.2, 0.25) is 0 Å². The van der Waals surface area contributed by atoms with Gasteiger partial charge >= 0.3 is 5.91 Å². The van der Waals surface area contributed by atoms with Gasteiger partial charge in [-0.1, -0.05) is 63.3 Å². The molecule has 2 rings (SSSR count). The van der Waals surface area contributed by atoms with E-state index in [0.717, 1.165) is 18.4 Å². The van der Waals surface area contributed by atoms with Gasteiger partial charge in [-0.3, -0.25) is 4.79 Å². The number of thiocarbonyl (C=S) groups is 1. The van der Waals surface area contributed by atoms with Crippen LogP contribution in [-0.4, -0.2) is 34.3 Å². The van der Waals surface area contributed by atoms with Crippen LogP contribution in [0.15, 0.2) is 30.3 Å². The largest absolute Gasteiger partial charge is 0.863 e. The molecule has 0 saturated carbocycles. The van der Waals surface area contributed by atoms with E-state index in [-0.39, 0.29) is 4.48 Å². The molecule has 1 aromatic rings. The molecule has 0 aromatic heterocycles. The Hall–Kier alpha value is -1.59. The van der Waals surface area contributed by atoms with Crippen LogP contribution in [0, 0.1) is 5.41 Å². The van der Waals surface area contributed by atoms with Crippen molar-refractivity contribution in [3.63, 3.8) is 0 Å². The number of amides is 1. The molecule has 1 aliphatic rings. The maximum atomic E-state index is 13.6. The van der Waals surface area contributed by atoms with E-state index >= 15 is 0 Å². The Morgan fingerprint density at radius 3 is 2.31 bits per heavy atom. The van der Waals surface area contributed by atoms with E-state index in [1.54, 1.807) is 13.8 Å². The van der Waals surface area contributed by atoms with Crippen LogP contribution >= 0.6 is 12.2 Å². The molecule has 2 atom stereocenters. The molecule has 1 aromatic carbocycles. The fraction of sp³-hybridized carbons (Fsp3) is 0.571. The third-order valence-electron chi connectivity index (χ3n) is 6.27. The van der Waals surface area contributed by atoms with Crippen LogP contribution in [0.1, 0.15) is 58.9 Å². The predicted octanol–water partition coefficient (Wildman–Crippen LogP) is 3.12. The molecule has 0 bridgehead atoms. The number of Topliss-reactive ketones (excluding diaryl/α,β-unsaturated/α-hetero) is 1. The van der Waals surface area contributed by atoms with Crippen LogP contribution in [0.5, 0.6) is 0 Å². The highest BCUT2D eigenvalue weighted by Crippen LogP contribution is 2.45. The normalized spacial score (nSPS) is 26.3. The lowest BCUT2D eigenvalue weighted by molar-refractivity contribution is -0.906. The molecule has 2 unspecified atom stereocenters. The van der Waals surface area contributed by atoms with E-state index in [4.69, 9.17) is 12.2 Å². The summed E-state index contributed by atoms with van der Waals surface area (Å²) in [4.78, 5) is 26.7. The monoisotopic (exact) mass is 375 g/mol. The summed E-state index contributed by atoms with van der Waals surface area (Å²) in [5.74, 6) is -0.874. The van der Waals surface area contributed by atoms with Crippen LogP contribution in [0.25, 0.3) is 0 Å². The molecule has 142 valence electrons. The zero-order valence-corrected chi connectivity index (χ0v) is 17.0. The first kappa shape index (κ1) is 20.7. The number of likely N-dealkylation sites (N-methyl/N-ethyl adjacent to an activating group) is 1. The topological polar surface area (TPSA) is 57.2 Å². The number of rotatable bonds is 6. The Morgan fingerprint density at radius 1 is 1.19 bits per heavy atom. The van der Waals surface area contributed by atoms with Gasteiger partial charge in [0, 0.05) is 22.4 Å². The molecule has 1 saturated heterocycles. The van der Waals surface area contributed by atoms with Crippen LogP contribution in [0.4, 0.5) is 0 Å². The Morgan fingerprint density at radius 2 is 1.81 bits per heavy atom. The molecule has 4 nitrogen and oxygen atoms in total. The van der Waals surface area contributed by atoms with Crippen molar-refractivity contribution in [1.82, 2.24) is 0 Å². The second-order valence-electron chi connectivity index (χ2n) is 7.85. The van der Waals surface area contributed by atoms with Crippen LogP contribution in [-0.2, 0) is 15.1 Å². The quantitative estimate of drug-likeness (QED) is 0.435. The third kappa shape index (κ3) is 3.01. The summed E-state index contributed by atoms with van der Waals surface area (Å²) in [6.45, 7) is 8.22. The molecular weight excluding hydrogens is 346 g/mol. The number of hydrogen-bond acceptors (Lipinski definition) is 4. The number of piperidine rings is 1. The Labute approximate surface area is 161 Å². The number of carbonyl (C=O) groups excluding carboxylic acids is 2. The number of benzene rings is 1. The predicted molar refractivity (Wildman–Crippen MR) is 104 cm³/mol. The second-order valence-corrected chi connectivity index (χ2v) is 8.22. The molecule has 1 fully saturated rings. The standard InChI is InChI=1S/C21H29NO3S/c1-5-20(3,4)17(23)18(24)22(6-2)15-11-10-14-21(22,19(25)26)16-12-8-7-9-13-16/h7-9,12-13H,5-6,10-11,14-15H2,1-4H3. The lowest BCUT2D eigenvalue weighted by Crippen LogP contribution is -2.73. The number of quaternary nitrogens is 1. The van der Waals surface area contributed by atoms with Crippen molar-refractivity contribution in [2.45, 2.75) is 58.9 Å². The summed E-state index contributed by atoms with van der Waals surface area (Å²) in [5, 5.41) is 12.4. The van der Waals surface area contributed by atoms with Crippen molar-refractivity contribution in [2.24, 2.45) is 5.41 Å². The molecular formula is C21H29NO3S. The number of hydrogen-bond donors (Lipinski definition) is 0. The lowest BCUT2D eigenvalue weighted by atomic mass is 9.75. The highest BCUT2D eigenvalue weighted by molar-refractivity contribution is 7.80. The van der Waals surface area contributed by atoms with Crippen LogP contribution in [0.3, 0.4) is 0 Å². The van der Waals surface area contributed by atoms with Gasteiger partial charge in [0.1, 0.15) is 0 Å². The van der Waals surface area contributed by atoms with Crippen molar-refractivity contribution in [2.75, 3.05) is 13.1 Å². The molecule has 26 heavy (non-hydrogen) atoms. The summed E-state index contributed by atoms with van der Waals surface area (Å²) in [6.07, 6.45) is 2.69. The molecule has 5 heteroatoms. The maximum absolute atomic E-state index is 13.6. The first-order valence-electron chi connectivity index (χ1n) is 9.43. The summed E-state index contributed by atoms with van der Waals surface area (Å²) in [5.41, 5.74) is -1.15. The van der Waals surface area contributed by atoms with Gasteiger partial charge in [0.2, 0.25) is 0 Å². The highest BCUT2D eigenvalue weighted by Gasteiger charge is 2.60. The van der Waals surface area contributed by atoms with Crippen molar-refractivity contribution in [1.29, 1.82) is 0 Å². The Balaban J connectivity index is 2.71. The number of ketones is 1. The fourth-order valence-electron chi connectivity index (χ4n) is 4.16. The average Bonchev–Trinajstić information content (AvgIpc) is 2.66. The minimum absolute atomic E-state index is 0.179. The van der Waals surface area contributed by atoms with Gasteiger partial charge in [0.05, 0.1) is 13.1 Å². The molecule has 1 amide bonds. The van der Waals surface area contributed by atoms with Crippen molar-refractivity contribution < 1.29 is 19.2 Å². The molecule has 0 radical (unpaired) electrons. The zero-order valence-electron chi connectivity index (χ0n) is 16.2. The van der Waals surface area contributed by atoms with Crippen LogP contribution < -0.4 is 5.11 Å². The summed E-state index contributed by atoms with van der Waals surface area (Å²) >= 11 is 5.22. The molecule has 0 aliphatic carbocycles. The SMILES string of the molecule is CCC(C)(C)C(=O)C(=O)[N+]1(CC)CCCCC1(C([O-])=S)c1ccccc1. The van der Waals surface area contributed by atoms with E-state index in [0.29, 0.717) is 25.9 Å². The first-order valence-corrected chi connectivity index (χ1v) is 9.84. The average molecular weight is 376 g/mol. The van der Waals surface area contributed by atoms with E-state index in [1.807, 2.05) is 44.2 Å². The summed E-state index contributed by atoms with van der Waals surface area (Å²) in [7, 11) is 0. The Bertz CT molecular complexity index is 700. The first-order chi connectivity index (χ1) is 12.2. The summed E-state index contributed by atoms with van der Waals surface area (Å²) < 4.78 is -0.179. The van der Waals surface area contributed by atoms with Gasteiger partial charge in [-0.15, -0.1) is 0 Å². The smallest absolute Gasteiger partial charge is 0.383 e. The van der Waals surface area contributed by atoms with Crippen molar-refractivity contribution in [3.8, 4) is 0 Å². The fourth-order valence-corrected chi connectivity index (χ4v) is 4.55. The van der Waals surface area contributed by atoms with Gasteiger partial charge in [-0.05, 0) is 26.2 Å². The zero-order chi connectivity index (χ0) is 19.6. The van der Waals surface area contributed by atoms with Gasteiger partial charge in [0.15, 0.2) is 5.54 Å². The molecule has 0 N–H and O–H groups in total. The minimum atomic E-state index is -1.15. The molecule has 1 heterocycles. The van der Waals surface area contributed by atoms with Gasteiger partial charge in [-0.2, -0.15) is 0 Å². The van der Waals surface area contributed by atoms with Gasteiger partial charge in [-0.25, -0.2) is 9.28 Å². The lowest BCUT2D eigenvalue weighted by Gasteiger charge is -2.55. The number of nitrogens with zero attached hydrogens (tertiary/aromatic N) is 1. The van der Waals surface area contributed by atoms with E-state index < -0.39 is 27.7 Å². The molecule has 0 spiro atoms. The number of likely N-dealkylation sites (tertiary alicyclic amines) is 1. The van der Waals surface area contributed by atoms with E-state index in [2.05, 4.69) is 0 Å². The highest BCUT2D eigenvalue weighted by atomic mass is 32.1. The Kier molecular flexibility index (Phi) is 6.03. The van der Waals surface area contributed by atoms with Gasteiger partial charge < -0.3 is 5.11 Å². The third-order valence-corrected chi connectivity index (χ3v) is 6.61. The number of carbonyl (C=O) groups is 2. The summed E-state index contributed by atoms with van der Waals surface area (Å²) in [6, 6.07) is 9.32. The van der Waals surface area contributed by atoms with Gasteiger partial charge in [0.25, 0.3) is 5.78 Å². The minimum Gasteiger partial charge on any atom is -0.863 e. The van der Waals surface area contributed by atoms with Crippen molar-refractivity contribution in [3.05, 3.63) is 35.9 Å². The maximum Gasteiger partial charge on any atom is 0.383 e. The van der Waals surface area contributed by atoms with E-state index in [1.165, 1.54) is 0 Å². The van der Waals surface area contributed by atoms with Crippen molar-refractivity contribution >= 4 is 29.0 Å². The molecule has 1 aliphatic heterocycles.